The number of phenolic OH excluding ortho intramolecular Hbond substituents is 1. The zero-order chi connectivity index (χ0) is 23.1. The Balaban J connectivity index is 1.81. The van der Waals surface area contributed by atoms with Crippen LogP contribution in [0.1, 0.15) is 11.1 Å². The molecule has 3 aromatic carbocycles. The third-order valence-corrected chi connectivity index (χ3v) is 4.61. The van der Waals surface area contributed by atoms with Gasteiger partial charge in [-0.15, -0.1) is 0 Å². The van der Waals surface area contributed by atoms with Crippen molar-refractivity contribution in [2.75, 3.05) is 12.4 Å². The van der Waals surface area contributed by atoms with Crippen molar-refractivity contribution in [3.05, 3.63) is 88.2 Å². The molecule has 0 saturated heterocycles. The van der Waals surface area contributed by atoms with Crippen molar-refractivity contribution < 1.29 is 23.8 Å². The minimum absolute atomic E-state index is 0.0560. The highest BCUT2D eigenvalue weighted by Gasteiger charge is 2.15. The molecule has 0 saturated carbocycles. The second kappa shape index (κ2) is 10.3. The molecular weight excluding hydrogens is 435 g/mol. The number of aromatic hydroxyl groups is 1. The molecule has 1 amide bonds. The lowest BCUT2D eigenvalue weighted by Crippen LogP contribution is -2.13. The van der Waals surface area contributed by atoms with E-state index in [0.717, 1.165) is 0 Å². The van der Waals surface area contributed by atoms with Crippen LogP contribution in [0.5, 0.6) is 17.2 Å². The van der Waals surface area contributed by atoms with Crippen molar-refractivity contribution in [1.29, 1.82) is 5.26 Å². The molecular formula is C24H18ClFN2O4. The van der Waals surface area contributed by atoms with E-state index in [4.69, 9.17) is 21.1 Å². The number of carbonyl (C=O) groups is 1. The van der Waals surface area contributed by atoms with Gasteiger partial charge in [0, 0.05) is 5.69 Å². The lowest BCUT2D eigenvalue weighted by molar-refractivity contribution is -0.112. The number of rotatable bonds is 7. The van der Waals surface area contributed by atoms with Gasteiger partial charge in [0.2, 0.25) is 0 Å². The van der Waals surface area contributed by atoms with Crippen molar-refractivity contribution in [1.82, 2.24) is 0 Å². The van der Waals surface area contributed by atoms with Gasteiger partial charge in [0.05, 0.1) is 12.1 Å². The number of anilines is 1. The van der Waals surface area contributed by atoms with Gasteiger partial charge < -0.3 is 19.9 Å². The van der Waals surface area contributed by atoms with Crippen LogP contribution in [0.2, 0.25) is 5.02 Å². The number of nitrogens with zero attached hydrogens (tertiary/aromatic N) is 1. The van der Waals surface area contributed by atoms with Gasteiger partial charge in [0.1, 0.15) is 29.8 Å². The Kier molecular flexibility index (Phi) is 7.32. The first kappa shape index (κ1) is 22.7. The molecule has 8 heteroatoms. The highest BCUT2D eigenvalue weighted by Crippen LogP contribution is 2.37. The summed E-state index contributed by atoms with van der Waals surface area (Å²) < 4.78 is 24.4. The number of ether oxygens (including phenoxy) is 2. The number of benzene rings is 3. The highest BCUT2D eigenvalue weighted by molar-refractivity contribution is 6.32. The Bertz CT molecular complexity index is 1200. The Morgan fingerprint density at radius 2 is 1.97 bits per heavy atom. The smallest absolute Gasteiger partial charge is 0.266 e. The van der Waals surface area contributed by atoms with Crippen LogP contribution in [0.4, 0.5) is 10.1 Å². The van der Waals surface area contributed by atoms with E-state index < -0.39 is 5.91 Å². The molecule has 0 bridgehead atoms. The molecule has 0 fully saturated rings. The normalized spacial score (nSPS) is 10.9. The molecule has 3 rings (SSSR count). The first-order valence-corrected chi connectivity index (χ1v) is 9.74. The van der Waals surface area contributed by atoms with Gasteiger partial charge in [-0.2, -0.15) is 5.26 Å². The van der Waals surface area contributed by atoms with Crippen LogP contribution < -0.4 is 14.8 Å². The molecule has 0 atom stereocenters. The molecule has 0 aliphatic heterocycles. The third-order valence-electron chi connectivity index (χ3n) is 4.33. The standard InChI is InChI=1S/C24H18ClFN2O4/c1-31-22-12-16(9-17(13-27)24(30)28-19-5-7-20(29)8-6-19)11-21(25)23(22)32-14-15-3-2-4-18(26)10-15/h2-12,29H,14H2,1H3,(H,28,30)/b17-9+. The van der Waals surface area contributed by atoms with E-state index in [2.05, 4.69) is 5.32 Å². The van der Waals surface area contributed by atoms with Gasteiger partial charge in [-0.05, 0) is 65.7 Å². The highest BCUT2D eigenvalue weighted by atomic mass is 35.5. The summed E-state index contributed by atoms with van der Waals surface area (Å²) in [4.78, 5) is 12.4. The summed E-state index contributed by atoms with van der Waals surface area (Å²) in [5.74, 6) is -0.404. The number of halogens is 2. The molecule has 2 N–H and O–H groups in total. The third kappa shape index (κ3) is 5.78. The molecule has 0 unspecified atom stereocenters. The van der Waals surface area contributed by atoms with Crippen molar-refractivity contribution in [2.45, 2.75) is 6.61 Å². The first-order chi connectivity index (χ1) is 15.4. The summed E-state index contributed by atoms with van der Waals surface area (Å²) in [7, 11) is 1.43. The fraction of sp³-hybridized carbons (Fsp3) is 0.0833. The van der Waals surface area contributed by atoms with E-state index >= 15 is 0 Å². The van der Waals surface area contributed by atoms with E-state index in [1.54, 1.807) is 18.2 Å². The molecule has 0 aliphatic rings. The van der Waals surface area contributed by atoms with Crippen LogP contribution in [0.25, 0.3) is 6.08 Å². The molecule has 0 aromatic heterocycles. The maximum Gasteiger partial charge on any atom is 0.266 e. The predicted octanol–water partition coefficient (Wildman–Crippen LogP) is 5.32. The Morgan fingerprint density at radius 1 is 1.22 bits per heavy atom. The maximum atomic E-state index is 13.4. The van der Waals surface area contributed by atoms with E-state index in [0.29, 0.717) is 16.8 Å². The summed E-state index contributed by atoms with van der Waals surface area (Å²) in [5, 5.41) is 21.5. The number of methoxy groups -OCH3 is 1. The van der Waals surface area contributed by atoms with Crippen LogP contribution in [-0.4, -0.2) is 18.1 Å². The molecule has 162 valence electrons. The number of nitriles is 1. The number of hydrogen-bond acceptors (Lipinski definition) is 5. The number of carbonyl (C=O) groups excluding carboxylic acids is 1. The SMILES string of the molecule is COc1cc(/C=C(\C#N)C(=O)Nc2ccc(O)cc2)cc(Cl)c1OCc1cccc(F)c1. The van der Waals surface area contributed by atoms with Crippen LogP contribution in [0, 0.1) is 17.1 Å². The zero-order valence-corrected chi connectivity index (χ0v) is 17.7. The fourth-order valence-electron chi connectivity index (χ4n) is 2.80. The van der Waals surface area contributed by atoms with Crippen LogP contribution in [0.15, 0.2) is 66.2 Å². The quantitative estimate of drug-likeness (QED) is 0.287. The van der Waals surface area contributed by atoms with Crippen LogP contribution >= 0.6 is 11.6 Å². The average Bonchev–Trinajstić information content (AvgIpc) is 2.77. The molecule has 32 heavy (non-hydrogen) atoms. The van der Waals surface area contributed by atoms with Gasteiger partial charge in [-0.25, -0.2) is 4.39 Å². The van der Waals surface area contributed by atoms with Crippen molar-refractivity contribution in [2.24, 2.45) is 0 Å². The lowest BCUT2D eigenvalue weighted by atomic mass is 10.1. The van der Waals surface area contributed by atoms with E-state index in [9.17, 15) is 19.6 Å². The van der Waals surface area contributed by atoms with Gasteiger partial charge in [0.25, 0.3) is 5.91 Å². The zero-order valence-electron chi connectivity index (χ0n) is 16.9. The molecule has 0 aliphatic carbocycles. The number of hydrogen-bond donors (Lipinski definition) is 2. The predicted molar refractivity (Wildman–Crippen MR) is 119 cm³/mol. The summed E-state index contributed by atoms with van der Waals surface area (Å²) in [6.45, 7) is 0.0709. The molecule has 0 spiro atoms. The fourth-order valence-corrected chi connectivity index (χ4v) is 3.08. The van der Waals surface area contributed by atoms with Crippen LogP contribution in [-0.2, 0) is 11.4 Å². The minimum Gasteiger partial charge on any atom is -0.508 e. The van der Waals surface area contributed by atoms with Gasteiger partial charge >= 0.3 is 0 Å². The summed E-state index contributed by atoms with van der Waals surface area (Å²) in [5.41, 5.74) is 1.32. The average molecular weight is 453 g/mol. The molecule has 6 nitrogen and oxygen atoms in total. The lowest BCUT2D eigenvalue weighted by Gasteiger charge is -2.14. The summed E-state index contributed by atoms with van der Waals surface area (Å²) in [6, 6.07) is 16.8. The van der Waals surface area contributed by atoms with E-state index in [1.165, 1.54) is 55.7 Å². The summed E-state index contributed by atoms with van der Waals surface area (Å²) in [6.07, 6.45) is 1.36. The first-order valence-electron chi connectivity index (χ1n) is 9.36. The number of nitrogens with one attached hydrogen (secondary N) is 1. The maximum absolute atomic E-state index is 13.4. The van der Waals surface area contributed by atoms with E-state index in [-0.39, 0.29) is 40.3 Å². The summed E-state index contributed by atoms with van der Waals surface area (Å²) >= 11 is 6.35. The number of phenols is 1. The molecule has 0 heterocycles. The van der Waals surface area contributed by atoms with Gasteiger partial charge in [0.15, 0.2) is 11.5 Å². The van der Waals surface area contributed by atoms with Crippen molar-refractivity contribution in [3.63, 3.8) is 0 Å². The van der Waals surface area contributed by atoms with Gasteiger partial charge in [-0.3, -0.25) is 4.79 Å². The Hall–Kier alpha value is -4.02. The Morgan fingerprint density at radius 3 is 2.62 bits per heavy atom. The Labute approximate surface area is 189 Å². The molecule has 3 aromatic rings. The largest absolute Gasteiger partial charge is 0.508 e. The van der Waals surface area contributed by atoms with Crippen molar-refractivity contribution >= 4 is 29.3 Å². The van der Waals surface area contributed by atoms with Gasteiger partial charge in [-0.1, -0.05) is 23.7 Å². The minimum atomic E-state index is -0.625. The topological polar surface area (TPSA) is 91.6 Å². The second-order valence-electron chi connectivity index (χ2n) is 6.62. The monoisotopic (exact) mass is 452 g/mol. The van der Waals surface area contributed by atoms with E-state index in [1.807, 2.05) is 6.07 Å². The van der Waals surface area contributed by atoms with Crippen molar-refractivity contribution in [3.8, 4) is 23.3 Å². The second-order valence-corrected chi connectivity index (χ2v) is 7.03. The molecule has 0 radical (unpaired) electrons. The van der Waals surface area contributed by atoms with Crippen LogP contribution in [0.3, 0.4) is 0 Å². The number of amides is 1.